The summed E-state index contributed by atoms with van der Waals surface area (Å²) in [6.45, 7) is 0.637. The highest BCUT2D eigenvalue weighted by Gasteiger charge is 2.08. The summed E-state index contributed by atoms with van der Waals surface area (Å²) in [5.74, 6) is 0.947. The van der Waals surface area contributed by atoms with Crippen LogP contribution in [0, 0.1) is 11.3 Å². The lowest BCUT2D eigenvalue weighted by molar-refractivity contribution is 0.480. The second kappa shape index (κ2) is 6.74. The normalized spacial score (nSPS) is 10.3. The van der Waals surface area contributed by atoms with Gasteiger partial charge in [0.25, 0.3) is 0 Å². The lowest BCUT2D eigenvalue weighted by atomic mass is 10.1. The van der Waals surface area contributed by atoms with Gasteiger partial charge in [-0.15, -0.1) is 0 Å². The predicted molar refractivity (Wildman–Crippen MR) is 89.0 cm³/mol. The maximum Gasteiger partial charge on any atom is 0.145 e. The molecule has 0 saturated carbocycles. The van der Waals surface area contributed by atoms with Gasteiger partial charge in [-0.3, -0.25) is 0 Å². The molecule has 0 N–H and O–H groups in total. The summed E-state index contributed by atoms with van der Waals surface area (Å²) >= 11 is 12.0. The first-order chi connectivity index (χ1) is 11.1. The van der Waals surface area contributed by atoms with E-state index in [9.17, 15) is 5.26 Å². The van der Waals surface area contributed by atoms with Crippen LogP contribution in [0.4, 0.5) is 0 Å². The number of benzene rings is 2. The summed E-state index contributed by atoms with van der Waals surface area (Å²) in [4.78, 5) is 4.01. The van der Waals surface area contributed by atoms with Gasteiger partial charge in [-0.1, -0.05) is 29.3 Å². The monoisotopic (exact) mass is 343 g/mol. The fourth-order valence-corrected chi connectivity index (χ4v) is 2.65. The van der Waals surface area contributed by atoms with E-state index in [4.69, 9.17) is 27.9 Å². The number of hydrogen-bond donors (Lipinski definition) is 0. The Morgan fingerprint density at radius 1 is 1.13 bits per heavy atom. The Morgan fingerprint density at radius 2 is 1.91 bits per heavy atom. The Morgan fingerprint density at radius 3 is 2.57 bits per heavy atom. The van der Waals surface area contributed by atoms with Crippen molar-refractivity contribution < 1.29 is 4.74 Å². The average molecular weight is 344 g/mol. The molecule has 0 amide bonds. The van der Waals surface area contributed by atoms with E-state index in [2.05, 4.69) is 11.1 Å². The van der Waals surface area contributed by atoms with Gasteiger partial charge in [0.2, 0.25) is 0 Å². The maximum atomic E-state index is 9.26. The third kappa shape index (κ3) is 3.84. The zero-order valence-corrected chi connectivity index (χ0v) is 13.4. The molecule has 1 heterocycles. The highest BCUT2D eigenvalue weighted by atomic mass is 35.5. The Kier molecular flexibility index (Phi) is 4.52. The zero-order valence-electron chi connectivity index (χ0n) is 11.9. The highest BCUT2D eigenvalue weighted by molar-refractivity contribution is 6.34. The number of ether oxygens (including phenoxy) is 1. The van der Waals surface area contributed by atoms with Gasteiger partial charge in [0.1, 0.15) is 17.6 Å². The number of nitrogens with zero attached hydrogens (tertiary/aromatic N) is 3. The van der Waals surface area contributed by atoms with Gasteiger partial charge in [0.05, 0.1) is 11.9 Å². The number of hydrogen-bond acceptors (Lipinski definition) is 3. The van der Waals surface area contributed by atoms with Crippen LogP contribution < -0.4 is 4.74 Å². The molecule has 3 aromatic rings. The molecular formula is C17H11Cl2N3O. The van der Waals surface area contributed by atoms with E-state index in [-0.39, 0.29) is 0 Å². The first-order valence-electron chi connectivity index (χ1n) is 6.77. The SMILES string of the molecule is N#Cc1ccc(Cn2ccnc2)cc1Oc1cc(Cl)cc(Cl)c1. The third-order valence-corrected chi connectivity index (χ3v) is 3.59. The molecule has 0 atom stereocenters. The van der Waals surface area contributed by atoms with Gasteiger partial charge >= 0.3 is 0 Å². The van der Waals surface area contributed by atoms with Gasteiger partial charge in [0.15, 0.2) is 0 Å². The lowest BCUT2D eigenvalue weighted by Crippen LogP contribution is -1.98. The Bertz CT molecular complexity index is 850. The second-order valence-corrected chi connectivity index (χ2v) is 5.76. The van der Waals surface area contributed by atoms with Crippen molar-refractivity contribution in [3.8, 4) is 17.6 Å². The molecule has 114 valence electrons. The molecule has 0 bridgehead atoms. The van der Waals surface area contributed by atoms with Crippen LogP contribution in [-0.4, -0.2) is 9.55 Å². The molecule has 3 rings (SSSR count). The van der Waals surface area contributed by atoms with Gasteiger partial charge in [-0.2, -0.15) is 5.26 Å². The molecule has 0 saturated heterocycles. The van der Waals surface area contributed by atoms with E-state index >= 15 is 0 Å². The Balaban J connectivity index is 1.91. The first-order valence-corrected chi connectivity index (χ1v) is 7.52. The summed E-state index contributed by atoms with van der Waals surface area (Å²) in [6, 6.07) is 12.5. The van der Waals surface area contributed by atoms with E-state index in [1.165, 1.54) is 0 Å². The second-order valence-electron chi connectivity index (χ2n) is 4.88. The Hall–Kier alpha value is -2.48. The zero-order chi connectivity index (χ0) is 16.2. The van der Waals surface area contributed by atoms with Crippen molar-refractivity contribution in [1.29, 1.82) is 5.26 Å². The molecule has 0 aliphatic rings. The largest absolute Gasteiger partial charge is 0.456 e. The van der Waals surface area contributed by atoms with Gasteiger partial charge in [0, 0.05) is 29.0 Å². The molecule has 1 aromatic heterocycles. The minimum Gasteiger partial charge on any atom is -0.456 e. The minimum absolute atomic E-state index is 0.440. The standard InChI is InChI=1S/C17H11Cl2N3O/c18-14-6-15(19)8-16(7-14)23-17-5-12(1-2-13(17)9-20)10-22-4-3-21-11-22/h1-8,11H,10H2. The number of imidazole rings is 1. The minimum atomic E-state index is 0.440. The molecule has 23 heavy (non-hydrogen) atoms. The molecule has 2 aromatic carbocycles. The molecule has 4 nitrogen and oxygen atoms in total. The van der Waals surface area contributed by atoms with Gasteiger partial charge in [-0.25, -0.2) is 4.98 Å². The van der Waals surface area contributed by atoms with Crippen molar-refractivity contribution in [2.24, 2.45) is 0 Å². The van der Waals surface area contributed by atoms with E-state index in [1.54, 1.807) is 36.8 Å². The Labute approximate surface area is 143 Å². The summed E-state index contributed by atoms with van der Waals surface area (Å²) < 4.78 is 7.74. The smallest absolute Gasteiger partial charge is 0.145 e. The third-order valence-electron chi connectivity index (χ3n) is 3.15. The van der Waals surface area contributed by atoms with Crippen molar-refractivity contribution in [2.45, 2.75) is 6.54 Å². The fourth-order valence-electron chi connectivity index (χ4n) is 2.15. The van der Waals surface area contributed by atoms with Gasteiger partial charge in [-0.05, 0) is 35.9 Å². The van der Waals surface area contributed by atoms with Crippen LogP contribution in [-0.2, 0) is 6.54 Å². The molecule has 0 unspecified atom stereocenters. The quantitative estimate of drug-likeness (QED) is 0.676. The van der Waals surface area contributed by atoms with E-state index < -0.39 is 0 Å². The van der Waals surface area contributed by atoms with Crippen LogP contribution in [0.15, 0.2) is 55.1 Å². The van der Waals surface area contributed by atoms with Crippen LogP contribution in [0.1, 0.15) is 11.1 Å². The van der Waals surface area contributed by atoms with Gasteiger partial charge < -0.3 is 9.30 Å². The van der Waals surface area contributed by atoms with Crippen molar-refractivity contribution in [3.05, 3.63) is 76.3 Å². The lowest BCUT2D eigenvalue weighted by Gasteiger charge is -2.11. The number of rotatable bonds is 4. The number of halogens is 2. The van der Waals surface area contributed by atoms with Crippen molar-refractivity contribution >= 4 is 23.2 Å². The molecule has 0 radical (unpaired) electrons. The summed E-state index contributed by atoms with van der Waals surface area (Å²) in [7, 11) is 0. The molecule has 0 aliphatic heterocycles. The van der Waals surface area contributed by atoms with Crippen LogP contribution in [0.2, 0.25) is 10.0 Å². The van der Waals surface area contributed by atoms with E-state index in [0.29, 0.717) is 33.7 Å². The van der Waals surface area contributed by atoms with Crippen molar-refractivity contribution in [2.75, 3.05) is 0 Å². The average Bonchev–Trinajstić information content (AvgIpc) is 2.99. The summed E-state index contributed by atoms with van der Waals surface area (Å²) in [5, 5.41) is 10.2. The van der Waals surface area contributed by atoms with Crippen LogP contribution >= 0.6 is 23.2 Å². The summed E-state index contributed by atoms with van der Waals surface area (Å²) in [5.41, 5.74) is 1.43. The molecular weight excluding hydrogens is 333 g/mol. The van der Waals surface area contributed by atoms with Crippen LogP contribution in [0.5, 0.6) is 11.5 Å². The van der Waals surface area contributed by atoms with Crippen molar-refractivity contribution in [3.63, 3.8) is 0 Å². The molecule has 0 spiro atoms. The highest BCUT2D eigenvalue weighted by Crippen LogP contribution is 2.30. The fraction of sp³-hybridized carbons (Fsp3) is 0.0588. The first kappa shape index (κ1) is 15.4. The number of aromatic nitrogens is 2. The van der Waals surface area contributed by atoms with E-state index in [0.717, 1.165) is 5.56 Å². The molecule has 6 heteroatoms. The van der Waals surface area contributed by atoms with E-state index in [1.807, 2.05) is 22.9 Å². The number of nitriles is 1. The summed E-state index contributed by atoms with van der Waals surface area (Å²) in [6.07, 6.45) is 5.32. The van der Waals surface area contributed by atoms with Crippen molar-refractivity contribution in [1.82, 2.24) is 9.55 Å². The van der Waals surface area contributed by atoms with Crippen LogP contribution in [0.25, 0.3) is 0 Å². The predicted octanol–water partition coefficient (Wildman–Crippen LogP) is 4.90. The maximum absolute atomic E-state index is 9.26. The molecule has 0 fully saturated rings. The van der Waals surface area contributed by atoms with Crippen LogP contribution in [0.3, 0.4) is 0 Å². The molecule has 0 aliphatic carbocycles. The topological polar surface area (TPSA) is 50.8 Å².